The smallest absolute Gasteiger partial charge is 0.363 e. The van der Waals surface area contributed by atoms with Crippen LogP contribution in [0.5, 0.6) is 11.5 Å². The lowest BCUT2D eigenvalue weighted by Gasteiger charge is -2.15. The summed E-state index contributed by atoms with van der Waals surface area (Å²) < 4.78 is 17.8. The van der Waals surface area contributed by atoms with Crippen LogP contribution in [0.2, 0.25) is 0 Å². The van der Waals surface area contributed by atoms with Crippen molar-refractivity contribution in [3.63, 3.8) is 0 Å². The van der Waals surface area contributed by atoms with Crippen molar-refractivity contribution in [1.29, 1.82) is 0 Å². The number of aryl methyl sites for hydroxylation is 2. The third-order valence-corrected chi connectivity index (χ3v) is 6.20. The standard InChI is InChI=1S/C32H27NO4/c1-22-10-6-8-14-26(22)20-35-29-17-16-24(19-30(29)36-21-27-15-9-7-11-23(27)2)18-28-32(34)37-31(33-28)25-12-4-3-5-13-25/h3-19H,20-21H2,1-2H3. The first-order valence-corrected chi connectivity index (χ1v) is 12.1. The van der Waals surface area contributed by atoms with Crippen molar-refractivity contribution in [3.8, 4) is 11.5 Å². The van der Waals surface area contributed by atoms with Crippen molar-refractivity contribution in [2.24, 2.45) is 4.99 Å². The lowest BCUT2D eigenvalue weighted by atomic mass is 10.1. The van der Waals surface area contributed by atoms with Crippen LogP contribution < -0.4 is 9.47 Å². The molecule has 0 spiro atoms. The summed E-state index contributed by atoms with van der Waals surface area (Å²) in [6.07, 6.45) is 1.70. The number of benzene rings is 4. The Bertz CT molecular complexity index is 1490. The second-order valence-corrected chi connectivity index (χ2v) is 8.84. The molecule has 1 aliphatic heterocycles. The van der Waals surface area contributed by atoms with E-state index in [9.17, 15) is 4.79 Å². The molecule has 37 heavy (non-hydrogen) atoms. The van der Waals surface area contributed by atoms with Crippen LogP contribution in [-0.2, 0) is 22.7 Å². The molecular formula is C32H27NO4. The molecule has 0 unspecified atom stereocenters. The minimum absolute atomic E-state index is 0.234. The third-order valence-electron chi connectivity index (χ3n) is 6.20. The van der Waals surface area contributed by atoms with E-state index in [0.717, 1.165) is 33.4 Å². The highest BCUT2D eigenvalue weighted by Crippen LogP contribution is 2.32. The van der Waals surface area contributed by atoms with Gasteiger partial charge < -0.3 is 14.2 Å². The zero-order valence-corrected chi connectivity index (χ0v) is 20.8. The first-order valence-electron chi connectivity index (χ1n) is 12.1. The number of ether oxygens (including phenoxy) is 3. The Morgan fingerprint density at radius 1 is 0.730 bits per heavy atom. The van der Waals surface area contributed by atoms with E-state index in [-0.39, 0.29) is 5.70 Å². The molecule has 0 aliphatic carbocycles. The SMILES string of the molecule is Cc1ccccc1COc1ccc(C=C2N=C(c3ccccc3)OC2=O)cc1OCc1ccccc1C. The van der Waals surface area contributed by atoms with E-state index in [1.807, 2.05) is 78.9 Å². The van der Waals surface area contributed by atoms with Crippen LogP contribution in [0.3, 0.4) is 0 Å². The van der Waals surface area contributed by atoms with Gasteiger partial charge in [0.05, 0.1) is 0 Å². The summed E-state index contributed by atoms with van der Waals surface area (Å²) in [6, 6.07) is 31.2. The summed E-state index contributed by atoms with van der Waals surface area (Å²) in [5.74, 6) is 1.03. The number of aliphatic imine (C=N–C) groups is 1. The van der Waals surface area contributed by atoms with E-state index < -0.39 is 5.97 Å². The Morgan fingerprint density at radius 3 is 1.97 bits per heavy atom. The van der Waals surface area contributed by atoms with Crippen LogP contribution in [0.25, 0.3) is 6.08 Å². The van der Waals surface area contributed by atoms with Gasteiger partial charge in [-0.3, -0.25) is 0 Å². The minimum atomic E-state index is -0.485. The summed E-state index contributed by atoms with van der Waals surface area (Å²) in [6.45, 7) is 4.94. The van der Waals surface area contributed by atoms with Crippen molar-refractivity contribution >= 4 is 17.9 Å². The minimum Gasteiger partial charge on any atom is -0.485 e. The van der Waals surface area contributed by atoms with Crippen LogP contribution in [0.15, 0.2) is 108 Å². The Balaban J connectivity index is 1.42. The highest BCUT2D eigenvalue weighted by molar-refractivity contribution is 6.12. The summed E-state index contributed by atoms with van der Waals surface area (Å²) >= 11 is 0. The van der Waals surface area contributed by atoms with Crippen molar-refractivity contribution in [1.82, 2.24) is 0 Å². The van der Waals surface area contributed by atoms with Gasteiger partial charge in [-0.05, 0) is 72.0 Å². The topological polar surface area (TPSA) is 57.1 Å². The van der Waals surface area contributed by atoms with Gasteiger partial charge in [0.15, 0.2) is 17.2 Å². The van der Waals surface area contributed by atoms with E-state index in [1.165, 1.54) is 0 Å². The summed E-state index contributed by atoms with van der Waals surface area (Å²) in [5, 5.41) is 0. The number of hydrogen-bond acceptors (Lipinski definition) is 5. The Hall–Kier alpha value is -4.64. The number of nitrogens with zero attached hydrogens (tertiary/aromatic N) is 1. The molecule has 0 fully saturated rings. The molecule has 0 atom stereocenters. The Morgan fingerprint density at radius 2 is 1.32 bits per heavy atom. The zero-order valence-electron chi connectivity index (χ0n) is 20.8. The van der Waals surface area contributed by atoms with Crippen molar-refractivity contribution in [3.05, 3.63) is 136 Å². The van der Waals surface area contributed by atoms with Crippen LogP contribution >= 0.6 is 0 Å². The quantitative estimate of drug-likeness (QED) is 0.202. The number of cyclic esters (lactones) is 1. The molecule has 0 radical (unpaired) electrons. The Kier molecular flexibility index (Phi) is 7.13. The van der Waals surface area contributed by atoms with Crippen molar-refractivity contribution < 1.29 is 19.0 Å². The van der Waals surface area contributed by atoms with Crippen LogP contribution in [0, 0.1) is 13.8 Å². The molecule has 0 bridgehead atoms. The lowest BCUT2D eigenvalue weighted by Crippen LogP contribution is -2.05. The van der Waals surface area contributed by atoms with Gasteiger partial charge in [-0.25, -0.2) is 9.79 Å². The van der Waals surface area contributed by atoms with Gasteiger partial charge >= 0.3 is 5.97 Å². The van der Waals surface area contributed by atoms with Crippen LogP contribution in [0.4, 0.5) is 0 Å². The first-order chi connectivity index (χ1) is 18.1. The van der Waals surface area contributed by atoms with E-state index in [2.05, 4.69) is 37.0 Å². The number of esters is 1. The first kappa shape index (κ1) is 24.1. The van der Waals surface area contributed by atoms with E-state index in [0.29, 0.717) is 30.6 Å². The van der Waals surface area contributed by atoms with Crippen molar-refractivity contribution in [2.75, 3.05) is 0 Å². The predicted octanol–water partition coefficient (Wildman–Crippen LogP) is 6.81. The number of carbonyl (C=O) groups is 1. The van der Waals surface area contributed by atoms with Gasteiger partial charge in [-0.15, -0.1) is 0 Å². The summed E-state index contributed by atoms with van der Waals surface area (Å²) in [5.41, 5.74) is 6.26. The monoisotopic (exact) mass is 489 g/mol. The van der Waals surface area contributed by atoms with Gasteiger partial charge in [0.1, 0.15) is 13.2 Å². The van der Waals surface area contributed by atoms with E-state index in [4.69, 9.17) is 14.2 Å². The highest BCUT2D eigenvalue weighted by Gasteiger charge is 2.24. The fourth-order valence-corrected chi connectivity index (χ4v) is 3.97. The maximum Gasteiger partial charge on any atom is 0.363 e. The molecule has 4 aromatic rings. The molecule has 0 saturated carbocycles. The maximum atomic E-state index is 12.5. The molecule has 4 aromatic carbocycles. The third kappa shape index (κ3) is 5.78. The number of hydrogen-bond donors (Lipinski definition) is 0. The van der Waals surface area contributed by atoms with Gasteiger partial charge in [0, 0.05) is 5.56 Å². The lowest BCUT2D eigenvalue weighted by molar-refractivity contribution is -0.129. The van der Waals surface area contributed by atoms with Gasteiger partial charge in [-0.2, -0.15) is 0 Å². The molecular weight excluding hydrogens is 462 g/mol. The average Bonchev–Trinajstić information content (AvgIpc) is 3.29. The largest absolute Gasteiger partial charge is 0.485 e. The fraction of sp³-hybridized carbons (Fsp3) is 0.125. The van der Waals surface area contributed by atoms with Gasteiger partial charge in [0.25, 0.3) is 0 Å². The molecule has 5 heteroatoms. The molecule has 5 nitrogen and oxygen atoms in total. The number of carbonyl (C=O) groups excluding carboxylic acids is 1. The van der Waals surface area contributed by atoms with E-state index in [1.54, 1.807) is 6.08 Å². The maximum absolute atomic E-state index is 12.5. The fourth-order valence-electron chi connectivity index (χ4n) is 3.97. The Labute approximate surface area is 216 Å². The molecule has 5 rings (SSSR count). The molecule has 1 heterocycles. The molecule has 0 amide bonds. The zero-order chi connectivity index (χ0) is 25.6. The van der Waals surface area contributed by atoms with Crippen LogP contribution in [-0.4, -0.2) is 11.9 Å². The molecule has 1 aliphatic rings. The summed E-state index contributed by atoms with van der Waals surface area (Å²) in [4.78, 5) is 16.9. The molecule has 184 valence electrons. The normalized spacial score (nSPS) is 13.8. The average molecular weight is 490 g/mol. The second kappa shape index (κ2) is 11.0. The van der Waals surface area contributed by atoms with Gasteiger partial charge in [0.2, 0.25) is 5.90 Å². The molecule has 0 saturated heterocycles. The molecule has 0 N–H and O–H groups in total. The molecule has 0 aromatic heterocycles. The van der Waals surface area contributed by atoms with E-state index >= 15 is 0 Å². The summed E-state index contributed by atoms with van der Waals surface area (Å²) in [7, 11) is 0. The van der Waals surface area contributed by atoms with Gasteiger partial charge in [-0.1, -0.05) is 72.8 Å². The highest BCUT2D eigenvalue weighted by atomic mass is 16.6. The van der Waals surface area contributed by atoms with Crippen molar-refractivity contribution in [2.45, 2.75) is 27.1 Å². The van der Waals surface area contributed by atoms with Crippen LogP contribution in [0.1, 0.15) is 33.4 Å². The predicted molar refractivity (Wildman–Crippen MR) is 145 cm³/mol. The second-order valence-electron chi connectivity index (χ2n) is 8.84. The number of rotatable bonds is 8.